The van der Waals surface area contributed by atoms with Gasteiger partial charge in [-0.1, -0.05) is 6.07 Å². The molecule has 1 amide bonds. The standard InChI is InChI=1S/C17H13F2N5O/c1-24(14-8-20-10-21-9-14)13-6-11(18)5-12(7-13)22-17(25)15-3-2-4-16(19)23-15/h2-10H,1H3,(H,22,25). The third-order valence-corrected chi connectivity index (χ3v) is 3.41. The predicted molar refractivity (Wildman–Crippen MR) is 88.6 cm³/mol. The van der Waals surface area contributed by atoms with E-state index < -0.39 is 17.7 Å². The van der Waals surface area contributed by atoms with Crippen molar-refractivity contribution in [2.75, 3.05) is 17.3 Å². The average Bonchev–Trinajstić information content (AvgIpc) is 2.61. The van der Waals surface area contributed by atoms with Gasteiger partial charge in [0, 0.05) is 18.4 Å². The van der Waals surface area contributed by atoms with Crippen LogP contribution in [0.1, 0.15) is 10.5 Å². The maximum absolute atomic E-state index is 13.9. The molecule has 0 aliphatic carbocycles. The summed E-state index contributed by atoms with van der Waals surface area (Å²) in [6, 6.07) is 7.92. The highest BCUT2D eigenvalue weighted by atomic mass is 19.1. The van der Waals surface area contributed by atoms with E-state index in [9.17, 15) is 13.6 Å². The van der Waals surface area contributed by atoms with E-state index in [0.29, 0.717) is 11.4 Å². The second-order valence-electron chi connectivity index (χ2n) is 5.15. The van der Waals surface area contributed by atoms with Crippen molar-refractivity contribution in [3.05, 3.63) is 72.6 Å². The first kappa shape index (κ1) is 16.4. The van der Waals surface area contributed by atoms with Gasteiger partial charge in [-0.05, 0) is 30.3 Å². The van der Waals surface area contributed by atoms with E-state index in [1.54, 1.807) is 30.4 Å². The Kier molecular flexibility index (Phi) is 4.60. The van der Waals surface area contributed by atoms with Crippen molar-refractivity contribution in [3.63, 3.8) is 0 Å². The Morgan fingerprint density at radius 2 is 1.84 bits per heavy atom. The summed E-state index contributed by atoms with van der Waals surface area (Å²) in [4.78, 5) is 25.1. The van der Waals surface area contributed by atoms with E-state index in [1.807, 2.05) is 0 Å². The zero-order valence-electron chi connectivity index (χ0n) is 13.1. The number of nitrogens with one attached hydrogen (secondary N) is 1. The van der Waals surface area contributed by atoms with Gasteiger partial charge in [0.15, 0.2) is 0 Å². The molecule has 1 N–H and O–H groups in total. The van der Waals surface area contributed by atoms with E-state index >= 15 is 0 Å². The van der Waals surface area contributed by atoms with Gasteiger partial charge in [0.1, 0.15) is 17.8 Å². The summed E-state index contributed by atoms with van der Waals surface area (Å²) in [6.45, 7) is 0. The molecular formula is C17H13F2N5O. The molecule has 2 aromatic heterocycles. The molecule has 0 aliphatic rings. The second-order valence-corrected chi connectivity index (χ2v) is 5.15. The number of halogens is 2. The second kappa shape index (κ2) is 7.00. The Hall–Kier alpha value is -3.42. The fraction of sp³-hybridized carbons (Fsp3) is 0.0588. The lowest BCUT2D eigenvalue weighted by molar-refractivity contribution is 0.102. The van der Waals surface area contributed by atoms with Gasteiger partial charge in [-0.3, -0.25) is 4.79 Å². The first-order valence-corrected chi connectivity index (χ1v) is 7.26. The highest BCUT2D eigenvalue weighted by molar-refractivity contribution is 6.03. The molecule has 0 saturated heterocycles. The number of hydrogen-bond acceptors (Lipinski definition) is 5. The molecule has 0 spiro atoms. The fourth-order valence-corrected chi connectivity index (χ4v) is 2.18. The number of carbonyl (C=O) groups excluding carboxylic acids is 1. The molecule has 0 aliphatic heterocycles. The summed E-state index contributed by atoms with van der Waals surface area (Å²) in [7, 11) is 1.72. The van der Waals surface area contributed by atoms with Crippen LogP contribution in [0, 0.1) is 11.8 Å². The molecule has 0 unspecified atom stereocenters. The lowest BCUT2D eigenvalue weighted by atomic mass is 10.2. The van der Waals surface area contributed by atoms with E-state index in [4.69, 9.17) is 0 Å². The van der Waals surface area contributed by atoms with Crippen LogP contribution in [-0.2, 0) is 0 Å². The smallest absolute Gasteiger partial charge is 0.274 e. The van der Waals surface area contributed by atoms with E-state index in [1.165, 1.54) is 24.5 Å². The number of benzene rings is 1. The molecular weight excluding hydrogens is 328 g/mol. The Morgan fingerprint density at radius 1 is 1.08 bits per heavy atom. The van der Waals surface area contributed by atoms with Crippen LogP contribution in [0.25, 0.3) is 0 Å². The third-order valence-electron chi connectivity index (χ3n) is 3.41. The van der Waals surface area contributed by atoms with Crippen molar-refractivity contribution >= 4 is 23.0 Å². The normalized spacial score (nSPS) is 10.4. The largest absolute Gasteiger partial charge is 0.342 e. The molecule has 1 aromatic carbocycles. The highest BCUT2D eigenvalue weighted by Gasteiger charge is 2.12. The molecule has 2 heterocycles. The molecule has 3 rings (SSSR count). The average molecular weight is 341 g/mol. The number of nitrogens with zero attached hydrogens (tertiary/aromatic N) is 4. The Morgan fingerprint density at radius 3 is 2.56 bits per heavy atom. The molecule has 0 atom stereocenters. The number of carbonyl (C=O) groups is 1. The van der Waals surface area contributed by atoms with E-state index in [2.05, 4.69) is 20.3 Å². The summed E-state index contributed by atoms with van der Waals surface area (Å²) in [5.74, 6) is -1.94. The number of pyridine rings is 1. The van der Waals surface area contributed by atoms with Gasteiger partial charge in [-0.15, -0.1) is 0 Å². The van der Waals surface area contributed by atoms with Crippen LogP contribution in [0.2, 0.25) is 0 Å². The van der Waals surface area contributed by atoms with Crippen LogP contribution in [0.15, 0.2) is 55.1 Å². The van der Waals surface area contributed by atoms with Gasteiger partial charge >= 0.3 is 0 Å². The van der Waals surface area contributed by atoms with Crippen LogP contribution in [0.5, 0.6) is 0 Å². The van der Waals surface area contributed by atoms with Gasteiger partial charge in [-0.2, -0.15) is 4.39 Å². The van der Waals surface area contributed by atoms with Gasteiger partial charge in [0.25, 0.3) is 5.91 Å². The molecule has 8 heteroatoms. The number of hydrogen-bond donors (Lipinski definition) is 1. The van der Waals surface area contributed by atoms with Crippen LogP contribution in [0.4, 0.5) is 25.8 Å². The molecule has 0 saturated carbocycles. The Bertz CT molecular complexity index is 905. The molecule has 0 radical (unpaired) electrons. The highest BCUT2D eigenvalue weighted by Crippen LogP contribution is 2.26. The van der Waals surface area contributed by atoms with Crippen molar-refractivity contribution < 1.29 is 13.6 Å². The number of amides is 1. The maximum atomic E-state index is 13.9. The molecule has 25 heavy (non-hydrogen) atoms. The first-order valence-electron chi connectivity index (χ1n) is 7.26. The minimum atomic E-state index is -0.767. The van der Waals surface area contributed by atoms with Crippen LogP contribution < -0.4 is 10.2 Å². The summed E-state index contributed by atoms with van der Waals surface area (Å²) >= 11 is 0. The van der Waals surface area contributed by atoms with Gasteiger partial charge in [-0.25, -0.2) is 19.3 Å². The van der Waals surface area contributed by atoms with Crippen molar-refractivity contribution in [1.82, 2.24) is 15.0 Å². The summed E-state index contributed by atoms with van der Waals surface area (Å²) < 4.78 is 27.1. The maximum Gasteiger partial charge on any atom is 0.274 e. The van der Waals surface area contributed by atoms with Crippen molar-refractivity contribution in [1.29, 1.82) is 0 Å². The molecule has 0 fully saturated rings. The number of aromatic nitrogens is 3. The first-order chi connectivity index (χ1) is 12.0. The van der Waals surface area contributed by atoms with Crippen LogP contribution in [0.3, 0.4) is 0 Å². The molecule has 6 nitrogen and oxygen atoms in total. The zero-order valence-corrected chi connectivity index (χ0v) is 13.1. The molecule has 126 valence electrons. The third kappa shape index (κ3) is 3.92. The lowest BCUT2D eigenvalue weighted by Gasteiger charge is -2.19. The number of rotatable bonds is 4. The van der Waals surface area contributed by atoms with E-state index in [-0.39, 0.29) is 11.4 Å². The Labute approximate surface area is 142 Å². The predicted octanol–water partition coefficient (Wildman–Crippen LogP) is 3.17. The molecule has 3 aromatic rings. The van der Waals surface area contributed by atoms with Crippen LogP contribution >= 0.6 is 0 Å². The van der Waals surface area contributed by atoms with Gasteiger partial charge in [0.2, 0.25) is 5.95 Å². The van der Waals surface area contributed by atoms with Gasteiger partial charge in [0.05, 0.1) is 18.1 Å². The fourth-order valence-electron chi connectivity index (χ4n) is 2.18. The summed E-state index contributed by atoms with van der Waals surface area (Å²) in [5, 5.41) is 2.51. The zero-order chi connectivity index (χ0) is 17.8. The van der Waals surface area contributed by atoms with Crippen molar-refractivity contribution in [2.24, 2.45) is 0 Å². The lowest BCUT2D eigenvalue weighted by Crippen LogP contribution is -2.15. The quantitative estimate of drug-likeness (QED) is 0.738. The number of anilines is 3. The summed E-state index contributed by atoms with van der Waals surface area (Å²) in [6.07, 6.45) is 4.54. The topological polar surface area (TPSA) is 71.0 Å². The SMILES string of the molecule is CN(c1cncnc1)c1cc(F)cc(NC(=O)c2cccc(F)n2)c1. The Balaban J connectivity index is 1.85. The minimum Gasteiger partial charge on any atom is -0.342 e. The monoisotopic (exact) mass is 341 g/mol. The molecule has 0 bridgehead atoms. The summed E-state index contributed by atoms with van der Waals surface area (Å²) in [5.41, 5.74) is 1.25. The van der Waals surface area contributed by atoms with Crippen LogP contribution in [-0.4, -0.2) is 27.9 Å². The van der Waals surface area contributed by atoms with Crippen molar-refractivity contribution in [3.8, 4) is 0 Å². The van der Waals surface area contributed by atoms with Crippen molar-refractivity contribution in [2.45, 2.75) is 0 Å². The van der Waals surface area contributed by atoms with Gasteiger partial charge < -0.3 is 10.2 Å². The minimum absolute atomic E-state index is 0.101. The van der Waals surface area contributed by atoms with E-state index in [0.717, 1.165) is 12.1 Å².